The lowest BCUT2D eigenvalue weighted by Gasteiger charge is -2.20. The highest BCUT2D eigenvalue weighted by Gasteiger charge is 2.32. The fourth-order valence-corrected chi connectivity index (χ4v) is 4.76. The molecule has 5 aromatic rings. The molecule has 5 heteroatoms. The second-order valence-electron chi connectivity index (χ2n) is 9.33. The number of benzene rings is 5. The Hall–Kier alpha value is -5.16. The minimum atomic E-state index is -0.360. The summed E-state index contributed by atoms with van der Waals surface area (Å²) >= 11 is 0. The van der Waals surface area contributed by atoms with Gasteiger partial charge in [-0.05, 0) is 46.5 Å². The topological polar surface area (TPSA) is 72.8 Å². The fraction of sp³-hybridized carbons (Fsp3) is 0.0588. The summed E-state index contributed by atoms with van der Waals surface area (Å²) in [6.07, 6.45) is 0. The molecule has 5 nitrogen and oxygen atoms in total. The summed E-state index contributed by atoms with van der Waals surface area (Å²) in [5.41, 5.74) is 4.19. The highest BCUT2D eigenvalue weighted by Crippen LogP contribution is 2.39. The van der Waals surface area contributed by atoms with Crippen molar-refractivity contribution in [2.45, 2.75) is 13.2 Å². The first-order valence-electron chi connectivity index (χ1n) is 12.6. The maximum atomic E-state index is 13.3. The molecule has 0 spiro atoms. The van der Waals surface area contributed by atoms with Crippen LogP contribution in [-0.4, -0.2) is 16.7 Å². The number of carbonyl (C=O) groups is 2. The van der Waals surface area contributed by atoms with Crippen molar-refractivity contribution in [1.82, 2.24) is 0 Å². The van der Waals surface area contributed by atoms with Gasteiger partial charge in [0.2, 0.25) is 0 Å². The van der Waals surface area contributed by atoms with E-state index in [4.69, 9.17) is 9.47 Å². The van der Waals surface area contributed by atoms with E-state index in [1.807, 2.05) is 78.9 Å². The summed E-state index contributed by atoms with van der Waals surface area (Å²) in [4.78, 5) is 26.4. The van der Waals surface area contributed by atoms with E-state index < -0.39 is 0 Å². The predicted molar refractivity (Wildman–Crippen MR) is 148 cm³/mol. The van der Waals surface area contributed by atoms with E-state index in [2.05, 4.69) is 0 Å². The van der Waals surface area contributed by atoms with Crippen LogP contribution >= 0.6 is 0 Å². The van der Waals surface area contributed by atoms with Gasteiger partial charge in [-0.1, -0.05) is 91.0 Å². The lowest BCUT2D eigenvalue weighted by atomic mass is 9.82. The third-order valence-corrected chi connectivity index (χ3v) is 6.76. The van der Waals surface area contributed by atoms with Gasteiger partial charge in [0, 0.05) is 16.7 Å². The Kier molecular flexibility index (Phi) is 6.39. The molecule has 0 amide bonds. The van der Waals surface area contributed by atoms with Gasteiger partial charge in [-0.3, -0.25) is 9.59 Å². The van der Waals surface area contributed by atoms with Gasteiger partial charge in [0.05, 0.1) is 5.56 Å². The average Bonchev–Trinajstić information content (AvgIpc) is 2.98. The van der Waals surface area contributed by atoms with Crippen LogP contribution in [0, 0.1) is 0 Å². The Morgan fingerprint density at radius 2 is 1.08 bits per heavy atom. The summed E-state index contributed by atoms with van der Waals surface area (Å²) in [5.74, 6) is 0.214. The van der Waals surface area contributed by atoms with Crippen LogP contribution in [0.2, 0.25) is 0 Å². The van der Waals surface area contributed by atoms with Crippen LogP contribution in [0.3, 0.4) is 0 Å². The number of hydrogen-bond donors (Lipinski definition) is 1. The molecule has 190 valence electrons. The van der Waals surface area contributed by atoms with E-state index in [0.717, 1.165) is 11.1 Å². The normalized spacial score (nSPS) is 12.0. The van der Waals surface area contributed by atoms with Gasteiger partial charge < -0.3 is 14.6 Å². The van der Waals surface area contributed by atoms with Crippen molar-refractivity contribution in [2.24, 2.45) is 0 Å². The van der Waals surface area contributed by atoms with Crippen molar-refractivity contribution in [2.75, 3.05) is 0 Å². The molecule has 0 aliphatic heterocycles. The van der Waals surface area contributed by atoms with Crippen LogP contribution < -0.4 is 9.47 Å². The fourth-order valence-electron chi connectivity index (χ4n) is 4.76. The molecule has 1 aliphatic rings. The third kappa shape index (κ3) is 4.78. The molecule has 39 heavy (non-hydrogen) atoms. The molecule has 0 heterocycles. The number of carbonyl (C=O) groups excluding carboxylic acids is 2. The Balaban J connectivity index is 1.36. The molecule has 0 saturated heterocycles. The smallest absolute Gasteiger partial charge is 0.198 e. The number of phenolic OH excluding ortho intramolecular Hbond substituents is 1. The van der Waals surface area contributed by atoms with Crippen LogP contribution in [0.5, 0.6) is 17.2 Å². The minimum Gasteiger partial charge on any atom is -0.507 e. The molecule has 0 fully saturated rings. The molecule has 0 radical (unpaired) electrons. The molecular weight excluding hydrogens is 488 g/mol. The van der Waals surface area contributed by atoms with E-state index in [1.165, 1.54) is 6.07 Å². The molecule has 0 aromatic heterocycles. The summed E-state index contributed by atoms with van der Waals surface area (Å²) in [6.45, 7) is 0.711. The Labute approximate surface area is 225 Å². The molecule has 0 bridgehead atoms. The molecule has 0 unspecified atom stereocenters. The summed E-state index contributed by atoms with van der Waals surface area (Å²) < 4.78 is 12.3. The molecule has 6 rings (SSSR count). The highest BCUT2D eigenvalue weighted by molar-refractivity contribution is 6.29. The van der Waals surface area contributed by atoms with Crippen molar-refractivity contribution in [3.8, 4) is 28.4 Å². The van der Waals surface area contributed by atoms with Crippen molar-refractivity contribution in [1.29, 1.82) is 0 Å². The Bertz CT molecular complexity index is 1690. The molecular formula is C34H24O5. The van der Waals surface area contributed by atoms with Crippen LogP contribution in [0.1, 0.15) is 43.0 Å². The first-order valence-corrected chi connectivity index (χ1v) is 12.6. The Morgan fingerprint density at radius 1 is 0.513 bits per heavy atom. The zero-order valence-corrected chi connectivity index (χ0v) is 21.0. The Morgan fingerprint density at radius 3 is 1.72 bits per heavy atom. The molecule has 1 N–H and O–H groups in total. The van der Waals surface area contributed by atoms with Crippen LogP contribution in [-0.2, 0) is 13.2 Å². The molecule has 0 atom stereocenters. The second kappa shape index (κ2) is 10.3. The van der Waals surface area contributed by atoms with Crippen molar-refractivity contribution >= 4 is 11.6 Å². The van der Waals surface area contributed by atoms with Crippen LogP contribution in [0.4, 0.5) is 0 Å². The van der Waals surface area contributed by atoms with Gasteiger partial charge in [0.1, 0.15) is 19.0 Å². The zero-order valence-electron chi connectivity index (χ0n) is 21.0. The number of ether oxygens (including phenoxy) is 2. The van der Waals surface area contributed by atoms with Gasteiger partial charge >= 0.3 is 0 Å². The largest absolute Gasteiger partial charge is 0.507 e. The van der Waals surface area contributed by atoms with Crippen LogP contribution in [0.15, 0.2) is 115 Å². The van der Waals surface area contributed by atoms with E-state index in [9.17, 15) is 14.7 Å². The molecule has 1 aliphatic carbocycles. The standard InChI is InChI=1S/C34H24O5/c35-29-18-25(17-28-32(29)34(37)27-14-8-7-13-26(27)33(28)36)24-15-16-30(38-20-22-9-3-1-4-10-22)31(19-24)39-21-23-11-5-2-6-12-23/h1-19,35H,20-21H2. The summed E-state index contributed by atoms with van der Waals surface area (Å²) in [7, 11) is 0. The summed E-state index contributed by atoms with van der Waals surface area (Å²) in [5, 5.41) is 10.9. The van der Waals surface area contributed by atoms with Gasteiger partial charge in [-0.2, -0.15) is 0 Å². The molecule has 0 saturated carbocycles. The third-order valence-electron chi connectivity index (χ3n) is 6.76. The van der Waals surface area contributed by atoms with Crippen molar-refractivity contribution in [3.63, 3.8) is 0 Å². The quantitative estimate of drug-likeness (QED) is 0.250. The van der Waals surface area contributed by atoms with Gasteiger partial charge in [-0.25, -0.2) is 0 Å². The number of rotatable bonds is 7. The average molecular weight is 513 g/mol. The number of fused-ring (bicyclic) bond motifs is 2. The lowest BCUT2D eigenvalue weighted by molar-refractivity contribution is 0.0976. The number of phenols is 1. The lowest BCUT2D eigenvalue weighted by Crippen LogP contribution is -2.21. The predicted octanol–water partition coefficient (Wildman–Crippen LogP) is 6.99. The van der Waals surface area contributed by atoms with Crippen molar-refractivity contribution < 1.29 is 24.2 Å². The summed E-state index contributed by atoms with van der Waals surface area (Å²) in [6, 6.07) is 35.0. The monoisotopic (exact) mass is 512 g/mol. The van der Waals surface area contributed by atoms with E-state index in [-0.39, 0.29) is 28.4 Å². The number of hydrogen-bond acceptors (Lipinski definition) is 5. The molecule has 5 aromatic carbocycles. The maximum Gasteiger partial charge on any atom is 0.198 e. The SMILES string of the molecule is O=C1c2ccccc2C(=O)c2c(O)cc(-c3ccc(OCc4ccccc4)c(OCc4ccccc4)c3)cc21. The minimum absolute atomic E-state index is 0.0332. The van der Waals surface area contributed by atoms with E-state index in [0.29, 0.717) is 47.0 Å². The van der Waals surface area contributed by atoms with Crippen LogP contribution in [0.25, 0.3) is 11.1 Å². The first kappa shape index (κ1) is 24.2. The van der Waals surface area contributed by atoms with Gasteiger partial charge in [-0.15, -0.1) is 0 Å². The van der Waals surface area contributed by atoms with E-state index >= 15 is 0 Å². The second-order valence-corrected chi connectivity index (χ2v) is 9.33. The van der Waals surface area contributed by atoms with E-state index in [1.54, 1.807) is 30.3 Å². The highest BCUT2D eigenvalue weighted by atomic mass is 16.5. The van der Waals surface area contributed by atoms with Gasteiger partial charge in [0.25, 0.3) is 0 Å². The maximum absolute atomic E-state index is 13.3. The number of aromatic hydroxyl groups is 1. The van der Waals surface area contributed by atoms with Crippen molar-refractivity contribution in [3.05, 3.63) is 149 Å². The number of ketones is 2. The zero-order chi connectivity index (χ0) is 26.8. The van der Waals surface area contributed by atoms with Gasteiger partial charge in [0.15, 0.2) is 23.1 Å². The first-order chi connectivity index (χ1) is 19.1.